The molecular weight excluding hydrogens is 269 g/mol. The zero-order valence-electron chi connectivity index (χ0n) is 11.8. The average molecular weight is 287 g/mol. The van der Waals surface area contributed by atoms with Crippen LogP contribution in [0.4, 0.5) is 4.39 Å². The predicted molar refractivity (Wildman–Crippen MR) is 77.9 cm³/mol. The SMILES string of the molecule is O=C(c1cncn1-c1ccc(F)cc1)N1CCCCCC1. The first-order chi connectivity index (χ1) is 10.3. The van der Waals surface area contributed by atoms with E-state index in [1.165, 1.54) is 25.0 Å². The molecule has 3 rings (SSSR count). The highest BCUT2D eigenvalue weighted by Gasteiger charge is 2.21. The maximum atomic E-state index is 13.0. The molecule has 2 aromatic rings. The summed E-state index contributed by atoms with van der Waals surface area (Å²) in [4.78, 5) is 18.6. The number of amides is 1. The molecule has 0 unspecified atom stereocenters. The van der Waals surface area contributed by atoms with Crippen LogP contribution in [0.2, 0.25) is 0 Å². The van der Waals surface area contributed by atoms with E-state index in [2.05, 4.69) is 4.98 Å². The first-order valence-electron chi connectivity index (χ1n) is 7.33. The van der Waals surface area contributed by atoms with Gasteiger partial charge in [0.2, 0.25) is 0 Å². The fraction of sp³-hybridized carbons (Fsp3) is 0.375. The molecule has 110 valence electrons. The number of nitrogens with zero attached hydrogens (tertiary/aromatic N) is 3. The Bertz CT molecular complexity index is 613. The van der Waals surface area contributed by atoms with Crippen molar-refractivity contribution in [3.8, 4) is 5.69 Å². The first-order valence-corrected chi connectivity index (χ1v) is 7.33. The van der Waals surface area contributed by atoms with E-state index in [-0.39, 0.29) is 11.7 Å². The Labute approximate surface area is 123 Å². The molecule has 1 aromatic heterocycles. The quantitative estimate of drug-likeness (QED) is 0.851. The molecule has 1 fully saturated rings. The number of rotatable bonds is 2. The fourth-order valence-electron chi connectivity index (χ4n) is 2.70. The molecule has 0 bridgehead atoms. The van der Waals surface area contributed by atoms with Crippen LogP contribution in [0.1, 0.15) is 36.2 Å². The first kappa shape index (κ1) is 13.8. The van der Waals surface area contributed by atoms with Crippen LogP contribution in [-0.2, 0) is 0 Å². The number of likely N-dealkylation sites (tertiary alicyclic amines) is 1. The van der Waals surface area contributed by atoms with Gasteiger partial charge in [-0.3, -0.25) is 9.36 Å². The Morgan fingerprint density at radius 3 is 2.38 bits per heavy atom. The van der Waals surface area contributed by atoms with Gasteiger partial charge in [0.1, 0.15) is 11.5 Å². The molecule has 0 aliphatic carbocycles. The fourth-order valence-corrected chi connectivity index (χ4v) is 2.70. The third-order valence-electron chi connectivity index (χ3n) is 3.86. The molecule has 1 aliphatic heterocycles. The van der Waals surface area contributed by atoms with E-state index in [1.807, 2.05) is 4.90 Å². The second kappa shape index (κ2) is 6.08. The molecule has 0 atom stereocenters. The lowest BCUT2D eigenvalue weighted by atomic mass is 10.2. The number of halogens is 1. The number of aromatic nitrogens is 2. The van der Waals surface area contributed by atoms with Crippen LogP contribution in [0, 0.1) is 5.82 Å². The molecule has 2 heterocycles. The van der Waals surface area contributed by atoms with Gasteiger partial charge in [-0.1, -0.05) is 12.8 Å². The molecular formula is C16H18FN3O. The van der Waals surface area contributed by atoms with Gasteiger partial charge in [-0.2, -0.15) is 0 Å². The standard InChI is InChI=1S/C16H18FN3O/c17-13-5-7-14(8-6-13)20-12-18-11-15(20)16(21)19-9-3-1-2-4-10-19/h5-8,11-12H,1-4,9-10H2. The smallest absolute Gasteiger partial charge is 0.272 e. The Morgan fingerprint density at radius 2 is 1.71 bits per heavy atom. The van der Waals surface area contributed by atoms with E-state index in [0.29, 0.717) is 5.69 Å². The van der Waals surface area contributed by atoms with E-state index in [4.69, 9.17) is 0 Å². The number of hydrogen-bond donors (Lipinski definition) is 0. The lowest BCUT2D eigenvalue weighted by molar-refractivity contribution is 0.0753. The molecule has 0 radical (unpaired) electrons. The summed E-state index contributed by atoms with van der Waals surface area (Å²) < 4.78 is 14.7. The zero-order chi connectivity index (χ0) is 14.7. The molecule has 1 aromatic carbocycles. The molecule has 1 amide bonds. The summed E-state index contributed by atoms with van der Waals surface area (Å²) >= 11 is 0. The molecule has 1 saturated heterocycles. The zero-order valence-corrected chi connectivity index (χ0v) is 11.8. The Balaban J connectivity index is 1.87. The van der Waals surface area contributed by atoms with Crippen molar-refractivity contribution >= 4 is 5.91 Å². The molecule has 0 spiro atoms. The molecule has 4 nitrogen and oxygen atoms in total. The summed E-state index contributed by atoms with van der Waals surface area (Å²) in [5.41, 5.74) is 1.27. The molecule has 21 heavy (non-hydrogen) atoms. The third-order valence-corrected chi connectivity index (χ3v) is 3.86. The van der Waals surface area contributed by atoms with E-state index >= 15 is 0 Å². The molecule has 5 heteroatoms. The number of carbonyl (C=O) groups excluding carboxylic acids is 1. The van der Waals surface area contributed by atoms with E-state index in [1.54, 1.807) is 29.2 Å². The minimum atomic E-state index is -0.292. The molecule has 1 aliphatic rings. The van der Waals surface area contributed by atoms with Crippen LogP contribution in [-0.4, -0.2) is 33.4 Å². The van der Waals surface area contributed by atoms with Gasteiger partial charge in [-0.05, 0) is 37.1 Å². The monoisotopic (exact) mass is 287 g/mol. The van der Waals surface area contributed by atoms with Crippen molar-refractivity contribution in [3.05, 3.63) is 48.3 Å². The lowest BCUT2D eigenvalue weighted by Gasteiger charge is -2.20. The summed E-state index contributed by atoms with van der Waals surface area (Å²) in [5, 5.41) is 0. The highest BCUT2D eigenvalue weighted by atomic mass is 19.1. The minimum absolute atomic E-state index is 0.00118. The van der Waals surface area contributed by atoms with Gasteiger partial charge < -0.3 is 4.90 Å². The Kier molecular flexibility index (Phi) is 3.99. The van der Waals surface area contributed by atoms with E-state index < -0.39 is 0 Å². The topological polar surface area (TPSA) is 38.1 Å². The predicted octanol–water partition coefficient (Wildman–Crippen LogP) is 3.03. The lowest BCUT2D eigenvalue weighted by Crippen LogP contribution is -2.33. The molecule has 0 saturated carbocycles. The van der Waals surface area contributed by atoms with Crippen molar-refractivity contribution in [2.24, 2.45) is 0 Å². The van der Waals surface area contributed by atoms with Crippen LogP contribution in [0.5, 0.6) is 0 Å². The van der Waals surface area contributed by atoms with Crippen molar-refractivity contribution in [2.75, 3.05) is 13.1 Å². The van der Waals surface area contributed by atoms with Gasteiger partial charge in [-0.25, -0.2) is 9.37 Å². The number of imidazole rings is 1. The summed E-state index contributed by atoms with van der Waals surface area (Å²) in [7, 11) is 0. The Hall–Kier alpha value is -2.17. The maximum Gasteiger partial charge on any atom is 0.272 e. The molecule has 0 N–H and O–H groups in total. The number of carbonyl (C=O) groups is 1. The summed E-state index contributed by atoms with van der Waals surface area (Å²) in [5.74, 6) is -0.294. The van der Waals surface area contributed by atoms with E-state index in [0.717, 1.165) is 31.6 Å². The highest BCUT2D eigenvalue weighted by Crippen LogP contribution is 2.16. The van der Waals surface area contributed by atoms with Crippen LogP contribution in [0.25, 0.3) is 5.69 Å². The van der Waals surface area contributed by atoms with Gasteiger partial charge in [0, 0.05) is 18.8 Å². The summed E-state index contributed by atoms with van der Waals surface area (Å²) in [6.07, 6.45) is 7.64. The van der Waals surface area contributed by atoms with Gasteiger partial charge in [0.15, 0.2) is 0 Å². The van der Waals surface area contributed by atoms with E-state index in [9.17, 15) is 9.18 Å². The minimum Gasteiger partial charge on any atom is -0.337 e. The van der Waals surface area contributed by atoms with Crippen LogP contribution >= 0.6 is 0 Å². The largest absolute Gasteiger partial charge is 0.337 e. The van der Waals surface area contributed by atoms with Gasteiger partial charge in [0.05, 0.1) is 12.5 Å². The van der Waals surface area contributed by atoms with Gasteiger partial charge >= 0.3 is 0 Å². The van der Waals surface area contributed by atoms with Crippen LogP contribution < -0.4 is 0 Å². The number of hydrogen-bond acceptors (Lipinski definition) is 2. The van der Waals surface area contributed by atoms with Crippen LogP contribution in [0.3, 0.4) is 0 Å². The summed E-state index contributed by atoms with van der Waals surface area (Å²) in [6, 6.07) is 6.07. The highest BCUT2D eigenvalue weighted by molar-refractivity contribution is 5.93. The van der Waals surface area contributed by atoms with Crippen molar-refractivity contribution in [1.82, 2.24) is 14.5 Å². The Morgan fingerprint density at radius 1 is 1.05 bits per heavy atom. The average Bonchev–Trinajstić information content (AvgIpc) is 2.82. The van der Waals surface area contributed by atoms with Gasteiger partial charge in [0.25, 0.3) is 5.91 Å². The van der Waals surface area contributed by atoms with Crippen molar-refractivity contribution < 1.29 is 9.18 Å². The van der Waals surface area contributed by atoms with Crippen molar-refractivity contribution in [1.29, 1.82) is 0 Å². The summed E-state index contributed by atoms with van der Waals surface area (Å²) in [6.45, 7) is 1.60. The second-order valence-electron chi connectivity index (χ2n) is 5.33. The maximum absolute atomic E-state index is 13.0. The van der Waals surface area contributed by atoms with Crippen molar-refractivity contribution in [3.63, 3.8) is 0 Å². The van der Waals surface area contributed by atoms with Crippen molar-refractivity contribution in [2.45, 2.75) is 25.7 Å². The normalized spacial score (nSPS) is 15.8. The van der Waals surface area contributed by atoms with Crippen LogP contribution in [0.15, 0.2) is 36.8 Å². The second-order valence-corrected chi connectivity index (χ2v) is 5.33. The number of benzene rings is 1. The van der Waals surface area contributed by atoms with Gasteiger partial charge in [-0.15, -0.1) is 0 Å². The third kappa shape index (κ3) is 2.96.